The SMILES string of the molecule is CCCC(=O)C(C=Nc1ccccc1C(=O)C(O)c1ccc(OC)cc1)C(=O)OCC. The summed E-state index contributed by atoms with van der Waals surface area (Å²) in [5.41, 5.74) is 0.832. The van der Waals surface area contributed by atoms with E-state index in [-0.39, 0.29) is 30.1 Å². The van der Waals surface area contributed by atoms with Crippen LogP contribution in [0.5, 0.6) is 5.75 Å². The zero-order valence-corrected chi connectivity index (χ0v) is 17.9. The van der Waals surface area contributed by atoms with E-state index in [9.17, 15) is 19.5 Å². The van der Waals surface area contributed by atoms with Crippen LogP contribution >= 0.6 is 0 Å². The van der Waals surface area contributed by atoms with Crippen molar-refractivity contribution in [3.63, 3.8) is 0 Å². The lowest BCUT2D eigenvalue weighted by Crippen LogP contribution is -2.27. The van der Waals surface area contributed by atoms with Gasteiger partial charge in [0.25, 0.3) is 0 Å². The van der Waals surface area contributed by atoms with Crippen LogP contribution in [0.15, 0.2) is 53.5 Å². The molecule has 0 aliphatic carbocycles. The standard InChI is InChI=1S/C24H27NO6/c1-4-8-21(26)19(24(29)31-5-2)15-25-20-10-7-6-9-18(20)23(28)22(27)16-11-13-17(30-3)14-12-16/h6-7,9-15,19,22,27H,4-5,8H2,1-3H3. The van der Waals surface area contributed by atoms with Crippen molar-refractivity contribution in [3.8, 4) is 5.75 Å². The lowest BCUT2D eigenvalue weighted by atomic mass is 9.98. The summed E-state index contributed by atoms with van der Waals surface area (Å²) in [7, 11) is 1.53. The smallest absolute Gasteiger partial charge is 0.321 e. The number of ether oxygens (including phenoxy) is 2. The number of carbonyl (C=O) groups is 3. The van der Waals surface area contributed by atoms with E-state index in [1.165, 1.54) is 19.4 Å². The maximum atomic E-state index is 12.9. The Labute approximate surface area is 181 Å². The third-order valence-corrected chi connectivity index (χ3v) is 4.60. The molecule has 2 rings (SSSR count). The van der Waals surface area contributed by atoms with E-state index in [0.29, 0.717) is 17.7 Å². The Hall–Kier alpha value is -3.32. The number of esters is 1. The van der Waals surface area contributed by atoms with E-state index in [2.05, 4.69) is 4.99 Å². The molecule has 2 atom stereocenters. The second kappa shape index (κ2) is 11.8. The highest BCUT2D eigenvalue weighted by atomic mass is 16.5. The molecule has 2 aromatic carbocycles. The topological polar surface area (TPSA) is 102 Å². The molecule has 0 heterocycles. The van der Waals surface area contributed by atoms with E-state index < -0.39 is 23.8 Å². The fraction of sp³-hybridized carbons (Fsp3) is 0.333. The number of carbonyl (C=O) groups excluding carboxylic acids is 3. The highest BCUT2D eigenvalue weighted by molar-refractivity contribution is 6.12. The first-order valence-corrected chi connectivity index (χ1v) is 10.1. The number of benzene rings is 2. The number of aliphatic imine (C=N–C) groups is 1. The molecule has 0 aliphatic rings. The van der Waals surface area contributed by atoms with Gasteiger partial charge in [0.05, 0.1) is 19.4 Å². The summed E-state index contributed by atoms with van der Waals surface area (Å²) in [6.45, 7) is 3.64. The average molecular weight is 425 g/mol. The molecule has 0 bridgehead atoms. The monoisotopic (exact) mass is 425 g/mol. The molecular formula is C24H27NO6. The van der Waals surface area contributed by atoms with Gasteiger partial charge in [-0.05, 0) is 43.2 Å². The molecule has 0 aliphatic heterocycles. The summed E-state index contributed by atoms with van der Waals surface area (Å²) >= 11 is 0. The van der Waals surface area contributed by atoms with Gasteiger partial charge in [-0.3, -0.25) is 19.4 Å². The van der Waals surface area contributed by atoms with Crippen LogP contribution in [0.3, 0.4) is 0 Å². The first kappa shape index (κ1) is 24.0. The lowest BCUT2D eigenvalue weighted by molar-refractivity contribution is -0.148. The number of nitrogens with zero attached hydrogens (tertiary/aromatic N) is 1. The van der Waals surface area contributed by atoms with Gasteiger partial charge >= 0.3 is 5.97 Å². The minimum Gasteiger partial charge on any atom is -0.497 e. The zero-order chi connectivity index (χ0) is 22.8. The van der Waals surface area contributed by atoms with Crippen LogP contribution in [0.1, 0.15) is 48.7 Å². The Morgan fingerprint density at radius 1 is 1.06 bits per heavy atom. The Kier molecular flexibility index (Phi) is 9.09. The van der Waals surface area contributed by atoms with Gasteiger partial charge < -0.3 is 14.6 Å². The first-order valence-electron chi connectivity index (χ1n) is 10.1. The molecule has 2 aromatic rings. The van der Waals surface area contributed by atoms with Crippen LogP contribution in [0.2, 0.25) is 0 Å². The molecule has 7 heteroatoms. The van der Waals surface area contributed by atoms with Crippen molar-refractivity contribution in [1.29, 1.82) is 0 Å². The molecule has 0 saturated carbocycles. The predicted octanol–water partition coefficient (Wildman–Crippen LogP) is 3.86. The van der Waals surface area contributed by atoms with Crippen LogP contribution in [0.4, 0.5) is 5.69 Å². The fourth-order valence-electron chi connectivity index (χ4n) is 2.94. The van der Waals surface area contributed by atoms with Crippen LogP contribution in [0, 0.1) is 5.92 Å². The summed E-state index contributed by atoms with van der Waals surface area (Å²) in [5.74, 6) is -2.06. The molecular weight excluding hydrogens is 398 g/mol. The van der Waals surface area contributed by atoms with Gasteiger partial charge in [-0.2, -0.15) is 0 Å². The number of aliphatic hydroxyl groups excluding tert-OH is 1. The van der Waals surface area contributed by atoms with Gasteiger partial charge in [0.1, 0.15) is 11.9 Å². The molecule has 2 unspecified atom stereocenters. The van der Waals surface area contributed by atoms with Crippen molar-refractivity contribution in [2.45, 2.75) is 32.8 Å². The number of rotatable bonds is 11. The van der Waals surface area contributed by atoms with Gasteiger partial charge in [0.2, 0.25) is 0 Å². The first-order chi connectivity index (χ1) is 14.9. The zero-order valence-electron chi connectivity index (χ0n) is 17.9. The summed E-state index contributed by atoms with van der Waals surface area (Å²) in [4.78, 5) is 41.7. The third kappa shape index (κ3) is 6.33. The maximum absolute atomic E-state index is 12.9. The Morgan fingerprint density at radius 2 is 1.74 bits per heavy atom. The highest BCUT2D eigenvalue weighted by Gasteiger charge is 2.26. The third-order valence-electron chi connectivity index (χ3n) is 4.60. The van der Waals surface area contributed by atoms with E-state index >= 15 is 0 Å². The minimum atomic E-state index is -1.40. The van der Waals surface area contributed by atoms with E-state index in [1.807, 2.05) is 6.92 Å². The van der Waals surface area contributed by atoms with E-state index in [1.54, 1.807) is 49.4 Å². The molecule has 7 nitrogen and oxygen atoms in total. The number of aliphatic hydroxyl groups is 1. The van der Waals surface area contributed by atoms with Gasteiger partial charge in [-0.25, -0.2) is 0 Å². The molecule has 0 fully saturated rings. The van der Waals surface area contributed by atoms with Crippen molar-refractivity contribution >= 4 is 29.4 Å². The predicted molar refractivity (Wildman–Crippen MR) is 117 cm³/mol. The van der Waals surface area contributed by atoms with Crippen molar-refractivity contribution in [1.82, 2.24) is 0 Å². The lowest BCUT2D eigenvalue weighted by Gasteiger charge is -2.13. The van der Waals surface area contributed by atoms with Crippen LogP contribution in [0.25, 0.3) is 0 Å². The molecule has 0 amide bonds. The molecule has 1 N–H and O–H groups in total. The summed E-state index contributed by atoms with van der Waals surface area (Å²) in [5, 5.41) is 10.6. The molecule has 0 saturated heterocycles. The molecule has 0 radical (unpaired) electrons. The molecule has 0 aromatic heterocycles. The number of methoxy groups -OCH3 is 1. The van der Waals surface area contributed by atoms with Gasteiger partial charge in [-0.15, -0.1) is 0 Å². The molecule has 164 valence electrons. The highest BCUT2D eigenvalue weighted by Crippen LogP contribution is 2.27. The van der Waals surface area contributed by atoms with Crippen LogP contribution in [-0.2, 0) is 14.3 Å². The summed E-state index contributed by atoms with van der Waals surface area (Å²) in [6, 6.07) is 13.0. The minimum absolute atomic E-state index is 0.145. The largest absolute Gasteiger partial charge is 0.497 e. The number of ketones is 2. The quantitative estimate of drug-likeness (QED) is 0.254. The Morgan fingerprint density at radius 3 is 2.35 bits per heavy atom. The Bertz CT molecular complexity index is 917. The van der Waals surface area contributed by atoms with Crippen LogP contribution in [-0.4, -0.2) is 42.6 Å². The van der Waals surface area contributed by atoms with Crippen molar-refractivity contribution in [2.24, 2.45) is 10.9 Å². The van der Waals surface area contributed by atoms with Crippen molar-refractivity contribution < 1.29 is 29.0 Å². The van der Waals surface area contributed by atoms with Gasteiger partial charge in [0.15, 0.2) is 17.5 Å². The molecule has 31 heavy (non-hydrogen) atoms. The second-order valence-corrected chi connectivity index (χ2v) is 6.78. The average Bonchev–Trinajstić information content (AvgIpc) is 2.79. The van der Waals surface area contributed by atoms with Crippen LogP contribution < -0.4 is 4.74 Å². The van der Waals surface area contributed by atoms with Crippen molar-refractivity contribution in [2.75, 3.05) is 13.7 Å². The number of hydrogen-bond acceptors (Lipinski definition) is 7. The Balaban J connectivity index is 2.31. The number of Topliss-reactive ketones (excluding diaryl/α,β-unsaturated/α-hetero) is 2. The fourth-order valence-corrected chi connectivity index (χ4v) is 2.94. The normalized spacial score (nSPS) is 12.9. The summed E-state index contributed by atoms with van der Waals surface area (Å²) < 4.78 is 10.1. The van der Waals surface area contributed by atoms with Gasteiger partial charge in [0, 0.05) is 18.2 Å². The number of para-hydroxylation sites is 1. The second-order valence-electron chi connectivity index (χ2n) is 6.78. The maximum Gasteiger partial charge on any atom is 0.321 e. The number of hydrogen-bond donors (Lipinski definition) is 1. The van der Waals surface area contributed by atoms with Gasteiger partial charge in [-0.1, -0.05) is 31.2 Å². The van der Waals surface area contributed by atoms with E-state index in [4.69, 9.17) is 9.47 Å². The molecule has 0 spiro atoms. The van der Waals surface area contributed by atoms with Crippen molar-refractivity contribution in [3.05, 3.63) is 59.7 Å². The van der Waals surface area contributed by atoms with E-state index in [0.717, 1.165) is 0 Å². The summed E-state index contributed by atoms with van der Waals surface area (Å²) in [6.07, 6.45) is 0.615.